The Kier molecular flexibility index (Phi) is 8.13. The van der Waals surface area contributed by atoms with E-state index in [9.17, 15) is 13.2 Å². The van der Waals surface area contributed by atoms with E-state index in [4.69, 9.17) is 4.74 Å². The van der Waals surface area contributed by atoms with Crippen molar-refractivity contribution in [2.75, 3.05) is 13.2 Å². The van der Waals surface area contributed by atoms with E-state index in [-0.39, 0.29) is 6.61 Å². The lowest BCUT2D eigenvalue weighted by molar-refractivity contribution is -0.176. The Morgan fingerprint density at radius 1 is 0.963 bits per heavy atom. The van der Waals surface area contributed by atoms with Gasteiger partial charge in [-0.25, -0.2) is 4.99 Å². The molecular weight excluding hydrogens is 355 g/mol. The molecule has 0 radical (unpaired) electrons. The zero-order chi connectivity index (χ0) is 19.5. The van der Waals surface area contributed by atoms with Gasteiger partial charge in [0.2, 0.25) is 0 Å². The SMILES string of the molecule is CCNC(=NCc1cccc(COCC(F)(F)F)c1)NCc1ccccc1. The van der Waals surface area contributed by atoms with Crippen molar-refractivity contribution in [3.05, 3.63) is 71.3 Å². The predicted molar refractivity (Wildman–Crippen MR) is 100 cm³/mol. The maximum absolute atomic E-state index is 12.2. The molecule has 2 N–H and O–H groups in total. The van der Waals surface area contributed by atoms with Crippen LogP contribution in [-0.2, 0) is 24.4 Å². The first-order valence-corrected chi connectivity index (χ1v) is 8.74. The number of rotatable bonds is 8. The average molecular weight is 379 g/mol. The van der Waals surface area contributed by atoms with Gasteiger partial charge >= 0.3 is 6.18 Å². The van der Waals surface area contributed by atoms with Crippen molar-refractivity contribution in [2.24, 2.45) is 4.99 Å². The molecule has 0 saturated heterocycles. The lowest BCUT2D eigenvalue weighted by atomic mass is 10.1. The Labute approximate surface area is 157 Å². The van der Waals surface area contributed by atoms with Crippen LogP contribution in [0.1, 0.15) is 23.6 Å². The van der Waals surface area contributed by atoms with Crippen molar-refractivity contribution >= 4 is 5.96 Å². The molecule has 0 spiro atoms. The highest BCUT2D eigenvalue weighted by molar-refractivity contribution is 5.79. The molecule has 2 rings (SSSR count). The lowest BCUT2D eigenvalue weighted by Gasteiger charge is -2.12. The molecule has 0 fully saturated rings. The maximum Gasteiger partial charge on any atom is 0.411 e. The number of hydrogen-bond donors (Lipinski definition) is 2. The van der Waals surface area contributed by atoms with Crippen molar-refractivity contribution in [1.82, 2.24) is 10.6 Å². The van der Waals surface area contributed by atoms with Crippen molar-refractivity contribution < 1.29 is 17.9 Å². The Hall–Kier alpha value is -2.54. The Bertz CT molecular complexity index is 718. The van der Waals surface area contributed by atoms with Gasteiger partial charge in [0.05, 0.1) is 13.2 Å². The van der Waals surface area contributed by atoms with E-state index in [1.54, 1.807) is 18.2 Å². The van der Waals surface area contributed by atoms with Crippen molar-refractivity contribution in [1.29, 1.82) is 0 Å². The largest absolute Gasteiger partial charge is 0.411 e. The summed E-state index contributed by atoms with van der Waals surface area (Å²) in [4.78, 5) is 4.53. The molecule has 27 heavy (non-hydrogen) atoms. The van der Waals surface area contributed by atoms with Crippen LogP contribution in [0.25, 0.3) is 0 Å². The van der Waals surface area contributed by atoms with Crippen LogP contribution in [0, 0.1) is 0 Å². The van der Waals surface area contributed by atoms with Gasteiger partial charge in [-0.05, 0) is 23.6 Å². The van der Waals surface area contributed by atoms with E-state index >= 15 is 0 Å². The molecule has 0 aliphatic rings. The number of aliphatic imine (C=N–C) groups is 1. The number of ether oxygens (including phenoxy) is 1. The van der Waals surface area contributed by atoms with Crippen LogP contribution >= 0.6 is 0 Å². The van der Waals surface area contributed by atoms with Crippen LogP contribution < -0.4 is 10.6 Å². The standard InChI is InChI=1S/C20H24F3N3O/c1-2-24-19(25-12-16-7-4-3-5-8-16)26-13-17-9-6-10-18(11-17)14-27-15-20(21,22)23/h3-11H,2,12-15H2,1H3,(H2,24,25,26). The first-order chi connectivity index (χ1) is 13.0. The highest BCUT2D eigenvalue weighted by Crippen LogP contribution is 2.16. The smallest absolute Gasteiger partial charge is 0.367 e. The van der Waals surface area contributed by atoms with E-state index in [2.05, 4.69) is 15.6 Å². The number of halogens is 3. The molecule has 0 saturated carbocycles. The van der Waals surface area contributed by atoms with Crippen LogP contribution in [0.4, 0.5) is 13.2 Å². The second-order valence-corrected chi connectivity index (χ2v) is 5.96. The summed E-state index contributed by atoms with van der Waals surface area (Å²) in [5.41, 5.74) is 2.74. The van der Waals surface area contributed by atoms with Gasteiger partial charge in [0, 0.05) is 13.1 Å². The summed E-state index contributed by atoms with van der Waals surface area (Å²) in [6.45, 7) is 2.45. The summed E-state index contributed by atoms with van der Waals surface area (Å²) >= 11 is 0. The molecule has 0 aliphatic heterocycles. The Balaban J connectivity index is 1.91. The van der Waals surface area contributed by atoms with Gasteiger partial charge < -0.3 is 15.4 Å². The minimum absolute atomic E-state index is 0.0800. The quantitative estimate of drug-likeness (QED) is 0.538. The highest BCUT2D eigenvalue weighted by atomic mass is 19.4. The number of nitrogens with one attached hydrogen (secondary N) is 2. The van der Waals surface area contributed by atoms with Crippen LogP contribution in [0.15, 0.2) is 59.6 Å². The molecule has 0 aromatic heterocycles. The molecule has 0 bridgehead atoms. The first kappa shape index (κ1) is 20.8. The van der Waals surface area contributed by atoms with Crippen LogP contribution in [0.5, 0.6) is 0 Å². The number of benzene rings is 2. The van der Waals surface area contributed by atoms with Gasteiger partial charge in [0.15, 0.2) is 5.96 Å². The third-order valence-electron chi connectivity index (χ3n) is 3.59. The molecule has 0 heterocycles. The maximum atomic E-state index is 12.2. The second kappa shape index (κ2) is 10.6. The molecule has 4 nitrogen and oxygen atoms in total. The molecule has 2 aromatic carbocycles. The second-order valence-electron chi connectivity index (χ2n) is 5.96. The Morgan fingerprint density at radius 2 is 1.67 bits per heavy atom. The summed E-state index contributed by atoms with van der Waals surface area (Å²) in [5, 5.41) is 6.44. The van der Waals surface area contributed by atoms with E-state index in [0.717, 1.165) is 17.7 Å². The van der Waals surface area contributed by atoms with Gasteiger partial charge in [-0.1, -0.05) is 54.6 Å². The summed E-state index contributed by atoms with van der Waals surface area (Å²) in [5.74, 6) is 0.681. The Morgan fingerprint density at radius 3 is 2.37 bits per heavy atom. The number of guanidine groups is 1. The van der Waals surface area contributed by atoms with Crippen molar-refractivity contribution in [2.45, 2.75) is 32.8 Å². The molecule has 0 aliphatic carbocycles. The molecule has 146 valence electrons. The fourth-order valence-corrected chi connectivity index (χ4v) is 2.40. The molecular formula is C20H24F3N3O. The monoisotopic (exact) mass is 379 g/mol. The van der Waals surface area contributed by atoms with E-state index in [1.807, 2.05) is 43.3 Å². The summed E-state index contributed by atoms with van der Waals surface area (Å²) in [6.07, 6.45) is -4.31. The van der Waals surface area contributed by atoms with Crippen LogP contribution in [0.3, 0.4) is 0 Å². The van der Waals surface area contributed by atoms with Gasteiger partial charge in [0.25, 0.3) is 0 Å². The minimum atomic E-state index is -4.31. The summed E-state index contributed by atoms with van der Waals surface area (Å²) in [6, 6.07) is 17.2. The highest BCUT2D eigenvalue weighted by Gasteiger charge is 2.27. The van der Waals surface area contributed by atoms with Gasteiger partial charge in [-0.2, -0.15) is 13.2 Å². The van der Waals surface area contributed by atoms with E-state index < -0.39 is 12.8 Å². The third-order valence-corrected chi connectivity index (χ3v) is 3.59. The van der Waals surface area contributed by atoms with Crippen molar-refractivity contribution in [3.63, 3.8) is 0 Å². The zero-order valence-corrected chi connectivity index (χ0v) is 15.2. The lowest BCUT2D eigenvalue weighted by Crippen LogP contribution is -2.36. The van der Waals surface area contributed by atoms with Gasteiger partial charge in [-0.3, -0.25) is 0 Å². The predicted octanol–water partition coefficient (Wildman–Crippen LogP) is 4.02. The van der Waals surface area contributed by atoms with Gasteiger partial charge in [-0.15, -0.1) is 0 Å². The van der Waals surface area contributed by atoms with Crippen LogP contribution in [0.2, 0.25) is 0 Å². The fraction of sp³-hybridized carbons (Fsp3) is 0.350. The molecule has 0 amide bonds. The van der Waals surface area contributed by atoms with Crippen LogP contribution in [-0.4, -0.2) is 25.3 Å². The number of nitrogens with zero attached hydrogens (tertiary/aromatic N) is 1. The molecule has 7 heteroatoms. The fourth-order valence-electron chi connectivity index (χ4n) is 2.40. The third kappa shape index (κ3) is 8.59. The topological polar surface area (TPSA) is 45.7 Å². The molecule has 2 aromatic rings. The summed E-state index contributed by atoms with van der Waals surface area (Å²) in [7, 11) is 0. The van der Waals surface area contributed by atoms with E-state index in [1.165, 1.54) is 0 Å². The van der Waals surface area contributed by atoms with E-state index in [0.29, 0.717) is 24.6 Å². The van der Waals surface area contributed by atoms with Gasteiger partial charge in [0.1, 0.15) is 6.61 Å². The molecule has 0 unspecified atom stereocenters. The molecule has 0 atom stereocenters. The normalized spacial score (nSPS) is 12.1. The summed E-state index contributed by atoms with van der Waals surface area (Å²) < 4.78 is 41.2. The minimum Gasteiger partial charge on any atom is -0.367 e. The van der Waals surface area contributed by atoms with Crippen molar-refractivity contribution in [3.8, 4) is 0 Å². The average Bonchev–Trinajstić information content (AvgIpc) is 2.64. The number of alkyl halides is 3. The zero-order valence-electron chi connectivity index (χ0n) is 15.2. The number of hydrogen-bond acceptors (Lipinski definition) is 2. The first-order valence-electron chi connectivity index (χ1n) is 8.74.